The van der Waals surface area contributed by atoms with Crippen LogP contribution in [0.1, 0.15) is 6.92 Å². The van der Waals surface area contributed by atoms with Crippen LogP contribution < -0.4 is 5.32 Å². The predicted octanol–water partition coefficient (Wildman–Crippen LogP) is -0.494. The molecular formula is C8H15BrN2O4S. The summed E-state index contributed by atoms with van der Waals surface area (Å²) < 4.78 is 29.6. The van der Waals surface area contributed by atoms with Gasteiger partial charge in [0.25, 0.3) is 0 Å². The number of nitrogens with zero attached hydrogens (tertiary/aromatic N) is 1. The minimum Gasteiger partial charge on any atom is -0.378 e. The molecule has 94 valence electrons. The fourth-order valence-corrected chi connectivity index (χ4v) is 3.29. The number of carbonyl (C=O) groups is 1. The summed E-state index contributed by atoms with van der Waals surface area (Å²) in [5.74, 6) is -0.313. The molecular weight excluding hydrogens is 300 g/mol. The number of rotatable bonds is 4. The Morgan fingerprint density at radius 3 is 2.88 bits per heavy atom. The Bertz CT molecular complexity index is 346. The van der Waals surface area contributed by atoms with Crippen LogP contribution in [-0.4, -0.2) is 55.6 Å². The van der Waals surface area contributed by atoms with Crippen LogP contribution in [0.4, 0.5) is 0 Å². The highest BCUT2D eigenvalue weighted by atomic mass is 79.9. The average Bonchev–Trinajstić information content (AvgIpc) is 2.29. The molecule has 8 heteroatoms. The van der Waals surface area contributed by atoms with Crippen molar-refractivity contribution in [2.75, 3.05) is 31.0 Å². The first-order valence-electron chi connectivity index (χ1n) is 4.94. The number of carbonyl (C=O) groups excluding carboxylic acids is 1. The van der Waals surface area contributed by atoms with Crippen molar-refractivity contribution in [2.45, 2.75) is 13.0 Å². The smallest absolute Gasteiger partial charge is 0.240 e. The zero-order chi connectivity index (χ0) is 12.2. The van der Waals surface area contributed by atoms with E-state index in [1.54, 1.807) is 6.92 Å². The molecule has 1 aliphatic rings. The Balaban J connectivity index is 2.83. The Morgan fingerprint density at radius 1 is 1.62 bits per heavy atom. The molecule has 1 fully saturated rings. The van der Waals surface area contributed by atoms with E-state index in [0.29, 0.717) is 13.2 Å². The number of hydrogen-bond donors (Lipinski definition) is 1. The van der Waals surface area contributed by atoms with Crippen molar-refractivity contribution in [3.8, 4) is 0 Å². The molecule has 1 saturated heterocycles. The van der Waals surface area contributed by atoms with Crippen LogP contribution in [0.25, 0.3) is 0 Å². The van der Waals surface area contributed by atoms with E-state index < -0.39 is 16.1 Å². The van der Waals surface area contributed by atoms with Gasteiger partial charge in [0.2, 0.25) is 15.9 Å². The van der Waals surface area contributed by atoms with Crippen molar-refractivity contribution in [2.24, 2.45) is 0 Å². The minimum absolute atomic E-state index is 0.109. The van der Waals surface area contributed by atoms with Gasteiger partial charge in [-0.25, -0.2) is 8.42 Å². The summed E-state index contributed by atoms with van der Waals surface area (Å²) >= 11 is 2.92. The lowest BCUT2D eigenvalue weighted by molar-refractivity contribution is -0.129. The van der Waals surface area contributed by atoms with Crippen LogP contribution in [0, 0.1) is 0 Å². The van der Waals surface area contributed by atoms with E-state index in [9.17, 15) is 13.2 Å². The number of likely N-dealkylation sites (N-methyl/N-ethyl adjacent to an activating group) is 1. The highest BCUT2D eigenvalue weighted by molar-refractivity contribution is 9.10. The molecule has 1 N–H and O–H groups in total. The van der Waals surface area contributed by atoms with Crippen molar-refractivity contribution < 1.29 is 17.9 Å². The third kappa shape index (κ3) is 3.16. The van der Waals surface area contributed by atoms with E-state index in [1.165, 1.54) is 4.31 Å². The lowest BCUT2D eigenvalue weighted by Gasteiger charge is -2.32. The Hall–Kier alpha value is -0.180. The zero-order valence-electron chi connectivity index (χ0n) is 8.98. The fourth-order valence-electron chi connectivity index (χ4n) is 1.48. The highest BCUT2D eigenvalue weighted by Crippen LogP contribution is 2.14. The second-order valence-electron chi connectivity index (χ2n) is 3.32. The van der Waals surface area contributed by atoms with E-state index in [2.05, 4.69) is 21.2 Å². The van der Waals surface area contributed by atoms with Crippen LogP contribution in [0.3, 0.4) is 0 Å². The number of halogens is 1. The molecule has 1 rings (SSSR count). The summed E-state index contributed by atoms with van der Waals surface area (Å²) in [5.41, 5.74) is 0. The summed E-state index contributed by atoms with van der Waals surface area (Å²) in [4.78, 5) is 11.7. The van der Waals surface area contributed by atoms with Crippen LogP contribution in [0.15, 0.2) is 0 Å². The Morgan fingerprint density at radius 2 is 2.31 bits per heavy atom. The van der Waals surface area contributed by atoms with Crippen LogP contribution in [0.5, 0.6) is 0 Å². The highest BCUT2D eigenvalue weighted by Gasteiger charge is 2.36. The second kappa shape index (κ2) is 5.95. The van der Waals surface area contributed by atoms with E-state index in [1.807, 2.05) is 0 Å². The number of nitrogens with one attached hydrogen (secondary N) is 1. The SMILES string of the molecule is CCNC(=O)C1COCCN1S(=O)(=O)CBr. The molecule has 1 atom stereocenters. The van der Waals surface area contributed by atoms with Gasteiger partial charge in [-0.15, -0.1) is 0 Å². The number of ether oxygens (including phenoxy) is 1. The molecule has 0 aliphatic carbocycles. The molecule has 1 aliphatic heterocycles. The van der Waals surface area contributed by atoms with Gasteiger partial charge < -0.3 is 10.1 Å². The van der Waals surface area contributed by atoms with Crippen molar-refractivity contribution in [1.29, 1.82) is 0 Å². The largest absolute Gasteiger partial charge is 0.378 e. The molecule has 0 bridgehead atoms. The fraction of sp³-hybridized carbons (Fsp3) is 0.875. The number of alkyl halides is 1. The molecule has 1 heterocycles. The normalized spacial score (nSPS) is 23.0. The maximum atomic E-state index is 11.7. The average molecular weight is 315 g/mol. The van der Waals surface area contributed by atoms with E-state index in [4.69, 9.17) is 4.74 Å². The quantitative estimate of drug-likeness (QED) is 0.710. The van der Waals surface area contributed by atoms with Crippen molar-refractivity contribution in [1.82, 2.24) is 9.62 Å². The topological polar surface area (TPSA) is 75.7 Å². The minimum atomic E-state index is -3.42. The summed E-state index contributed by atoms with van der Waals surface area (Å²) in [7, 11) is -3.42. The first-order chi connectivity index (χ1) is 7.53. The molecule has 0 spiro atoms. The lowest BCUT2D eigenvalue weighted by Crippen LogP contribution is -2.55. The molecule has 16 heavy (non-hydrogen) atoms. The van der Waals surface area contributed by atoms with Gasteiger partial charge in [0.05, 0.1) is 13.2 Å². The van der Waals surface area contributed by atoms with Gasteiger partial charge in [0.15, 0.2) is 0 Å². The van der Waals surface area contributed by atoms with E-state index >= 15 is 0 Å². The summed E-state index contributed by atoms with van der Waals surface area (Å²) in [6.07, 6.45) is 0. The molecule has 0 aromatic carbocycles. The molecule has 6 nitrogen and oxygen atoms in total. The van der Waals surface area contributed by atoms with Gasteiger partial charge in [0.1, 0.15) is 10.7 Å². The summed E-state index contributed by atoms with van der Waals surface area (Å²) in [5, 5.41) is 2.60. The predicted molar refractivity (Wildman–Crippen MR) is 62.7 cm³/mol. The Labute approximate surface area is 104 Å². The van der Waals surface area contributed by atoms with Gasteiger partial charge in [-0.05, 0) is 6.92 Å². The molecule has 1 unspecified atom stereocenters. The second-order valence-corrected chi connectivity index (χ2v) is 6.54. The van der Waals surface area contributed by atoms with Crippen LogP contribution >= 0.6 is 15.9 Å². The molecule has 0 aromatic rings. The Kier molecular flexibility index (Phi) is 5.16. The van der Waals surface area contributed by atoms with Gasteiger partial charge in [-0.2, -0.15) is 4.31 Å². The van der Waals surface area contributed by atoms with Gasteiger partial charge >= 0.3 is 0 Å². The number of sulfonamides is 1. The maximum Gasteiger partial charge on any atom is 0.240 e. The number of morpholine rings is 1. The van der Waals surface area contributed by atoms with E-state index in [0.717, 1.165) is 0 Å². The first kappa shape index (κ1) is 13.9. The van der Waals surface area contributed by atoms with Gasteiger partial charge in [-0.1, -0.05) is 15.9 Å². The van der Waals surface area contributed by atoms with Crippen LogP contribution in [0.2, 0.25) is 0 Å². The molecule has 0 saturated carbocycles. The lowest BCUT2D eigenvalue weighted by atomic mass is 10.2. The first-order valence-corrected chi connectivity index (χ1v) is 7.67. The molecule has 1 amide bonds. The number of amides is 1. The van der Waals surface area contributed by atoms with E-state index in [-0.39, 0.29) is 23.7 Å². The monoisotopic (exact) mass is 314 g/mol. The molecule has 0 aromatic heterocycles. The third-order valence-electron chi connectivity index (χ3n) is 2.23. The summed E-state index contributed by atoms with van der Waals surface area (Å²) in [6, 6.07) is -0.753. The molecule has 0 radical (unpaired) electrons. The number of hydrogen-bond acceptors (Lipinski definition) is 4. The van der Waals surface area contributed by atoms with Crippen LogP contribution in [-0.2, 0) is 19.6 Å². The van der Waals surface area contributed by atoms with Gasteiger partial charge in [-0.3, -0.25) is 4.79 Å². The zero-order valence-corrected chi connectivity index (χ0v) is 11.4. The van der Waals surface area contributed by atoms with Crippen molar-refractivity contribution in [3.05, 3.63) is 0 Å². The summed E-state index contributed by atoms with van der Waals surface area (Å²) in [6.45, 7) is 2.90. The van der Waals surface area contributed by atoms with Crippen molar-refractivity contribution in [3.63, 3.8) is 0 Å². The maximum absolute atomic E-state index is 11.7. The van der Waals surface area contributed by atoms with Crippen molar-refractivity contribution >= 4 is 31.9 Å². The standard InChI is InChI=1S/C8H15BrN2O4S/c1-2-10-8(12)7-5-15-4-3-11(7)16(13,14)6-9/h7H,2-6H2,1H3,(H,10,12). The van der Waals surface area contributed by atoms with Gasteiger partial charge in [0, 0.05) is 13.1 Å². The third-order valence-corrected chi connectivity index (χ3v) is 5.39.